The number of carboxylic acids is 1. The van der Waals surface area contributed by atoms with Crippen LogP contribution >= 0.6 is 0 Å². The summed E-state index contributed by atoms with van der Waals surface area (Å²) < 4.78 is 4.63. The quantitative estimate of drug-likeness (QED) is 0.668. The van der Waals surface area contributed by atoms with Gasteiger partial charge in [0.1, 0.15) is 12.3 Å². The lowest BCUT2D eigenvalue weighted by Gasteiger charge is -2.05. The highest BCUT2D eigenvalue weighted by Crippen LogP contribution is 2.02. The van der Waals surface area contributed by atoms with E-state index in [-0.39, 0.29) is 0 Å². The highest BCUT2D eigenvalue weighted by Gasteiger charge is 2.10. The summed E-state index contributed by atoms with van der Waals surface area (Å²) in [6, 6.07) is -0.653. The summed E-state index contributed by atoms with van der Waals surface area (Å²) in [7, 11) is 0. The van der Waals surface area contributed by atoms with E-state index in [0.717, 1.165) is 0 Å². The second-order valence-electron chi connectivity index (χ2n) is 2.08. The van der Waals surface area contributed by atoms with E-state index in [1.165, 1.54) is 19.6 Å². The molecule has 1 rings (SSSR count). The zero-order valence-electron chi connectivity index (χ0n) is 5.94. The second-order valence-corrected chi connectivity index (χ2v) is 2.08. The monoisotopic (exact) mass is 156 g/mol. The number of nitrogens with one attached hydrogen (secondary N) is 1. The smallest absolute Gasteiger partial charge is 0.325 e. The Kier molecular flexibility index (Phi) is 2.10. The Labute approximate surface area is 63.0 Å². The van der Waals surface area contributed by atoms with Crippen molar-refractivity contribution >= 4 is 11.8 Å². The van der Waals surface area contributed by atoms with Crippen molar-refractivity contribution in [3.05, 3.63) is 12.7 Å². The third-order valence-corrected chi connectivity index (χ3v) is 1.17. The molecule has 0 saturated carbocycles. The number of aromatic nitrogens is 1. The molecule has 0 fully saturated rings. The molecule has 1 aromatic heterocycles. The van der Waals surface area contributed by atoms with Gasteiger partial charge in [-0.25, -0.2) is 0 Å². The van der Waals surface area contributed by atoms with E-state index in [9.17, 15) is 4.79 Å². The van der Waals surface area contributed by atoms with E-state index < -0.39 is 12.0 Å². The normalized spacial score (nSPS) is 12.5. The molecule has 1 aromatic rings. The molecule has 0 aromatic carbocycles. The Bertz CT molecular complexity index is 232. The molecule has 2 N–H and O–H groups in total. The van der Waals surface area contributed by atoms with Crippen molar-refractivity contribution in [2.24, 2.45) is 0 Å². The van der Waals surface area contributed by atoms with Gasteiger partial charge in [-0.3, -0.25) is 4.79 Å². The van der Waals surface area contributed by atoms with Crippen LogP contribution in [0, 0.1) is 0 Å². The SMILES string of the molecule is C[C@H](Nc1cocn1)C(=O)O. The van der Waals surface area contributed by atoms with Crippen molar-refractivity contribution in [1.82, 2.24) is 4.98 Å². The predicted octanol–water partition coefficient (Wildman–Crippen LogP) is 0.560. The average Bonchev–Trinajstić information content (AvgIpc) is 2.39. The molecule has 1 heterocycles. The summed E-state index contributed by atoms with van der Waals surface area (Å²) in [4.78, 5) is 14.0. The van der Waals surface area contributed by atoms with Crippen molar-refractivity contribution < 1.29 is 14.3 Å². The molecule has 0 saturated heterocycles. The summed E-state index contributed by atoms with van der Waals surface area (Å²) in [6.07, 6.45) is 2.58. The minimum absolute atomic E-state index is 0.430. The zero-order valence-corrected chi connectivity index (χ0v) is 5.94. The van der Waals surface area contributed by atoms with Gasteiger partial charge in [0.15, 0.2) is 12.2 Å². The third kappa shape index (κ3) is 1.96. The summed E-state index contributed by atoms with van der Waals surface area (Å²) in [6.45, 7) is 1.52. The van der Waals surface area contributed by atoms with Crippen LogP contribution in [-0.2, 0) is 4.79 Å². The molecule has 0 amide bonds. The molecule has 0 aliphatic carbocycles. The van der Waals surface area contributed by atoms with Gasteiger partial charge in [0.25, 0.3) is 0 Å². The largest absolute Gasteiger partial charge is 0.480 e. The lowest BCUT2D eigenvalue weighted by molar-refractivity contribution is -0.137. The van der Waals surface area contributed by atoms with Gasteiger partial charge in [-0.1, -0.05) is 0 Å². The molecule has 0 radical (unpaired) electrons. The van der Waals surface area contributed by atoms with Crippen LogP contribution in [0.4, 0.5) is 5.82 Å². The Hall–Kier alpha value is -1.52. The first-order valence-electron chi connectivity index (χ1n) is 3.07. The molecular weight excluding hydrogens is 148 g/mol. The van der Waals surface area contributed by atoms with Crippen molar-refractivity contribution in [2.75, 3.05) is 5.32 Å². The van der Waals surface area contributed by atoms with Gasteiger partial charge in [0.2, 0.25) is 0 Å². The lowest BCUT2D eigenvalue weighted by Crippen LogP contribution is -2.25. The Morgan fingerprint density at radius 1 is 1.91 bits per heavy atom. The number of carboxylic acid groups (broad SMARTS) is 1. The summed E-state index contributed by atoms with van der Waals surface area (Å²) in [5.41, 5.74) is 0. The van der Waals surface area contributed by atoms with E-state index in [4.69, 9.17) is 5.11 Å². The first-order chi connectivity index (χ1) is 5.20. The molecule has 0 spiro atoms. The minimum Gasteiger partial charge on any atom is -0.480 e. The Morgan fingerprint density at radius 2 is 2.64 bits per heavy atom. The van der Waals surface area contributed by atoms with Crippen LogP contribution < -0.4 is 5.32 Å². The molecular formula is C6H8N2O3. The molecule has 11 heavy (non-hydrogen) atoms. The van der Waals surface area contributed by atoms with Gasteiger partial charge in [0, 0.05) is 0 Å². The number of rotatable bonds is 3. The average molecular weight is 156 g/mol. The van der Waals surface area contributed by atoms with E-state index in [0.29, 0.717) is 5.82 Å². The second kappa shape index (κ2) is 3.05. The molecule has 5 heteroatoms. The van der Waals surface area contributed by atoms with E-state index in [1.54, 1.807) is 0 Å². The van der Waals surface area contributed by atoms with Gasteiger partial charge in [-0.05, 0) is 6.92 Å². The number of anilines is 1. The maximum Gasteiger partial charge on any atom is 0.325 e. The summed E-state index contributed by atoms with van der Waals surface area (Å²) >= 11 is 0. The molecule has 0 aliphatic heterocycles. The van der Waals surface area contributed by atoms with Crippen LogP contribution in [0.2, 0.25) is 0 Å². The number of oxazole rings is 1. The van der Waals surface area contributed by atoms with E-state index >= 15 is 0 Å². The fourth-order valence-corrected chi connectivity index (χ4v) is 0.567. The zero-order chi connectivity index (χ0) is 8.27. The highest BCUT2D eigenvalue weighted by molar-refractivity contribution is 5.76. The van der Waals surface area contributed by atoms with Crippen molar-refractivity contribution in [1.29, 1.82) is 0 Å². The van der Waals surface area contributed by atoms with Crippen LogP contribution in [0.25, 0.3) is 0 Å². The number of aliphatic carboxylic acids is 1. The van der Waals surface area contributed by atoms with Crippen molar-refractivity contribution in [3.8, 4) is 0 Å². The summed E-state index contributed by atoms with van der Waals surface area (Å²) in [5.74, 6) is -0.493. The van der Waals surface area contributed by atoms with Crippen LogP contribution in [0.3, 0.4) is 0 Å². The molecule has 60 valence electrons. The number of hydrogen-bond donors (Lipinski definition) is 2. The maximum absolute atomic E-state index is 10.3. The summed E-state index contributed by atoms with van der Waals surface area (Å²) in [5, 5.41) is 11.1. The van der Waals surface area contributed by atoms with Gasteiger partial charge in [-0.2, -0.15) is 4.98 Å². The van der Waals surface area contributed by atoms with Crippen molar-refractivity contribution in [3.63, 3.8) is 0 Å². The van der Waals surface area contributed by atoms with Gasteiger partial charge < -0.3 is 14.8 Å². The Morgan fingerprint density at radius 3 is 3.09 bits per heavy atom. The lowest BCUT2D eigenvalue weighted by atomic mass is 10.3. The fourth-order valence-electron chi connectivity index (χ4n) is 0.567. The molecule has 0 unspecified atom stereocenters. The maximum atomic E-state index is 10.3. The molecule has 0 bridgehead atoms. The van der Waals surface area contributed by atoms with Gasteiger partial charge >= 0.3 is 5.97 Å². The number of nitrogens with zero attached hydrogens (tertiary/aromatic N) is 1. The van der Waals surface area contributed by atoms with E-state index in [1.807, 2.05) is 0 Å². The van der Waals surface area contributed by atoms with Gasteiger partial charge in [-0.15, -0.1) is 0 Å². The number of hydrogen-bond acceptors (Lipinski definition) is 4. The van der Waals surface area contributed by atoms with Crippen LogP contribution in [-0.4, -0.2) is 22.1 Å². The fraction of sp³-hybridized carbons (Fsp3) is 0.333. The topological polar surface area (TPSA) is 75.4 Å². The first-order valence-corrected chi connectivity index (χ1v) is 3.07. The van der Waals surface area contributed by atoms with Crippen molar-refractivity contribution in [2.45, 2.75) is 13.0 Å². The molecule has 1 atom stereocenters. The minimum atomic E-state index is -0.923. The molecule has 0 aliphatic rings. The van der Waals surface area contributed by atoms with E-state index in [2.05, 4.69) is 14.7 Å². The Balaban J connectivity index is 2.50. The number of carbonyl (C=O) groups is 1. The first kappa shape index (κ1) is 7.59. The predicted molar refractivity (Wildman–Crippen MR) is 37.2 cm³/mol. The third-order valence-electron chi connectivity index (χ3n) is 1.17. The van der Waals surface area contributed by atoms with Gasteiger partial charge in [0.05, 0.1) is 0 Å². The standard InChI is InChI=1S/C6H8N2O3/c1-4(6(9)10)8-5-2-11-3-7-5/h2-4,8H,1H3,(H,9,10)/t4-/m0/s1. The van der Waals surface area contributed by atoms with Crippen LogP contribution in [0.1, 0.15) is 6.92 Å². The van der Waals surface area contributed by atoms with Crippen LogP contribution in [0.15, 0.2) is 17.1 Å². The highest BCUT2D eigenvalue weighted by atomic mass is 16.4. The van der Waals surface area contributed by atoms with Crippen LogP contribution in [0.5, 0.6) is 0 Å². The molecule has 5 nitrogen and oxygen atoms in total.